The fourth-order valence-corrected chi connectivity index (χ4v) is 1.60. The summed E-state index contributed by atoms with van der Waals surface area (Å²) in [5.41, 5.74) is 1.62. The summed E-state index contributed by atoms with van der Waals surface area (Å²) in [6.07, 6.45) is 1.14. The summed E-state index contributed by atoms with van der Waals surface area (Å²) in [6, 6.07) is 8.48. The van der Waals surface area contributed by atoms with E-state index in [1.807, 2.05) is 0 Å². The van der Waals surface area contributed by atoms with Crippen molar-refractivity contribution >= 4 is 12.6 Å². The normalized spacial score (nSPS) is 13.5. The largest absolute Gasteiger partial charge is 0.493 e. The Morgan fingerprint density at radius 2 is 1.82 bits per heavy atom. The zero-order valence-electron chi connectivity index (χ0n) is 11.4. The Labute approximate surface area is 111 Å². The van der Waals surface area contributed by atoms with Gasteiger partial charge in [-0.2, -0.15) is 12.6 Å². The van der Waals surface area contributed by atoms with Crippen LogP contribution in [-0.4, -0.2) is 12.4 Å². The summed E-state index contributed by atoms with van der Waals surface area (Å²) < 4.78 is 5.71. The Morgan fingerprint density at radius 3 is 2.29 bits per heavy atom. The van der Waals surface area contributed by atoms with E-state index in [0.717, 1.165) is 24.5 Å². The Kier molecular flexibility index (Phi) is 5.38. The van der Waals surface area contributed by atoms with Gasteiger partial charge in [0.1, 0.15) is 5.75 Å². The van der Waals surface area contributed by atoms with Gasteiger partial charge in [0, 0.05) is 0 Å². The van der Waals surface area contributed by atoms with E-state index in [0.29, 0.717) is 5.92 Å². The first-order valence-electron chi connectivity index (χ1n) is 6.33. The van der Waals surface area contributed by atoms with Crippen molar-refractivity contribution in [2.45, 2.75) is 39.5 Å². The van der Waals surface area contributed by atoms with Crippen molar-refractivity contribution in [3.63, 3.8) is 0 Å². The topological polar surface area (TPSA) is 9.23 Å². The van der Waals surface area contributed by atoms with Crippen LogP contribution in [0, 0.1) is 5.92 Å². The van der Waals surface area contributed by atoms with Crippen LogP contribution in [-0.2, 0) is 5.41 Å². The lowest BCUT2D eigenvalue weighted by atomic mass is 9.82. The minimum absolute atomic E-state index is 0.247. The van der Waals surface area contributed by atoms with Gasteiger partial charge in [-0.25, -0.2) is 0 Å². The second-order valence-corrected chi connectivity index (χ2v) is 5.73. The van der Waals surface area contributed by atoms with Crippen LogP contribution in [0.2, 0.25) is 0 Å². The van der Waals surface area contributed by atoms with Gasteiger partial charge in [-0.05, 0) is 41.2 Å². The zero-order chi connectivity index (χ0) is 12.9. The Balaban J connectivity index is 2.62. The van der Waals surface area contributed by atoms with Crippen LogP contribution in [0.25, 0.3) is 0 Å². The molecule has 1 rings (SSSR count). The van der Waals surface area contributed by atoms with E-state index in [9.17, 15) is 0 Å². The number of thiol groups is 1. The average molecular weight is 252 g/mol. The highest BCUT2D eigenvalue weighted by Crippen LogP contribution is 2.28. The molecule has 0 heterocycles. The van der Waals surface area contributed by atoms with Crippen LogP contribution >= 0.6 is 12.6 Å². The van der Waals surface area contributed by atoms with Gasteiger partial charge in [0.25, 0.3) is 0 Å². The van der Waals surface area contributed by atoms with Gasteiger partial charge >= 0.3 is 0 Å². The molecular formula is C15H24OS. The van der Waals surface area contributed by atoms with Gasteiger partial charge in [-0.3, -0.25) is 0 Å². The summed E-state index contributed by atoms with van der Waals surface area (Å²) in [5.74, 6) is 2.31. The van der Waals surface area contributed by atoms with E-state index in [1.54, 1.807) is 0 Å². The van der Waals surface area contributed by atoms with Crippen molar-refractivity contribution in [3.05, 3.63) is 29.8 Å². The fourth-order valence-electron chi connectivity index (χ4n) is 1.50. The Hall–Kier alpha value is -0.630. The van der Waals surface area contributed by atoms with Crippen molar-refractivity contribution in [3.8, 4) is 5.75 Å². The number of ether oxygens (including phenoxy) is 1. The van der Waals surface area contributed by atoms with Crippen molar-refractivity contribution in [1.82, 2.24) is 0 Å². The van der Waals surface area contributed by atoms with Crippen LogP contribution in [0.1, 0.15) is 39.7 Å². The van der Waals surface area contributed by atoms with Crippen LogP contribution in [0.5, 0.6) is 5.75 Å². The molecule has 0 spiro atoms. The smallest absolute Gasteiger partial charge is 0.119 e. The van der Waals surface area contributed by atoms with Crippen molar-refractivity contribution in [2.75, 3.05) is 12.4 Å². The lowest BCUT2D eigenvalue weighted by Gasteiger charge is -2.23. The van der Waals surface area contributed by atoms with Crippen molar-refractivity contribution in [2.24, 2.45) is 5.92 Å². The first kappa shape index (κ1) is 14.4. The highest BCUT2D eigenvalue weighted by Gasteiger charge is 2.17. The minimum Gasteiger partial charge on any atom is -0.493 e. The van der Waals surface area contributed by atoms with E-state index in [1.165, 1.54) is 5.56 Å². The molecule has 0 fully saturated rings. The van der Waals surface area contributed by atoms with Crippen LogP contribution < -0.4 is 4.74 Å². The molecule has 1 atom stereocenters. The lowest BCUT2D eigenvalue weighted by Crippen LogP contribution is -2.15. The predicted molar refractivity (Wildman–Crippen MR) is 78.3 cm³/mol. The summed E-state index contributed by atoms with van der Waals surface area (Å²) in [5, 5.41) is 0. The molecule has 1 aromatic rings. The molecule has 0 radical (unpaired) electrons. The molecule has 0 aliphatic heterocycles. The molecule has 1 nitrogen and oxygen atoms in total. The van der Waals surface area contributed by atoms with Gasteiger partial charge in [0.2, 0.25) is 0 Å². The van der Waals surface area contributed by atoms with E-state index < -0.39 is 0 Å². The molecule has 0 saturated heterocycles. The number of rotatable bonds is 6. The van der Waals surface area contributed by atoms with Gasteiger partial charge in [-0.1, -0.05) is 39.8 Å². The molecule has 2 heteroatoms. The second-order valence-electron chi connectivity index (χ2n) is 5.36. The molecule has 0 aromatic heterocycles. The van der Waals surface area contributed by atoms with Crippen LogP contribution in [0.4, 0.5) is 0 Å². The van der Waals surface area contributed by atoms with Gasteiger partial charge < -0.3 is 4.74 Å². The predicted octanol–water partition coefficient (Wildman–Crippen LogP) is 4.32. The fraction of sp³-hybridized carbons (Fsp3) is 0.600. The maximum atomic E-state index is 5.71. The van der Waals surface area contributed by atoms with Crippen LogP contribution in [0.3, 0.4) is 0 Å². The third kappa shape index (κ3) is 4.27. The number of hydrogen-bond acceptors (Lipinski definition) is 2. The monoisotopic (exact) mass is 252 g/mol. The molecule has 17 heavy (non-hydrogen) atoms. The van der Waals surface area contributed by atoms with Crippen LogP contribution in [0.15, 0.2) is 24.3 Å². The third-order valence-electron chi connectivity index (χ3n) is 3.37. The molecule has 0 aliphatic rings. The first-order valence-corrected chi connectivity index (χ1v) is 6.97. The van der Waals surface area contributed by atoms with E-state index in [2.05, 4.69) is 64.6 Å². The number of hydrogen-bond donors (Lipinski definition) is 1. The summed E-state index contributed by atoms with van der Waals surface area (Å²) in [4.78, 5) is 0. The minimum atomic E-state index is 0.247. The highest BCUT2D eigenvalue weighted by molar-refractivity contribution is 7.80. The van der Waals surface area contributed by atoms with Gasteiger partial charge in [0.05, 0.1) is 6.61 Å². The van der Waals surface area contributed by atoms with Crippen molar-refractivity contribution in [1.29, 1.82) is 0 Å². The maximum absolute atomic E-state index is 5.71. The molecule has 1 unspecified atom stereocenters. The maximum Gasteiger partial charge on any atom is 0.119 e. The molecule has 0 N–H and O–H groups in total. The molecule has 0 amide bonds. The zero-order valence-corrected chi connectivity index (χ0v) is 12.3. The molecule has 96 valence electrons. The highest BCUT2D eigenvalue weighted by atomic mass is 32.1. The van der Waals surface area contributed by atoms with Gasteiger partial charge in [0.15, 0.2) is 0 Å². The Morgan fingerprint density at radius 1 is 1.24 bits per heavy atom. The molecule has 0 saturated carbocycles. The second kappa shape index (κ2) is 6.34. The van der Waals surface area contributed by atoms with Gasteiger partial charge in [-0.15, -0.1) is 0 Å². The molecule has 0 bridgehead atoms. The SMILES string of the molecule is CCC(C)(C)c1ccc(OCC(C)CS)cc1. The lowest BCUT2D eigenvalue weighted by molar-refractivity contribution is 0.273. The molecule has 0 aliphatic carbocycles. The summed E-state index contributed by atoms with van der Waals surface area (Å²) in [7, 11) is 0. The third-order valence-corrected chi connectivity index (χ3v) is 3.99. The van der Waals surface area contributed by atoms with E-state index >= 15 is 0 Å². The Bertz CT molecular complexity index is 329. The quantitative estimate of drug-likeness (QED) is 0.742. The molecule has 1 aromatic carbocycles. The number of benzene rings is 1. The molecular weight excluding hydrogens is 228 g/mol. The van der Waals surface area contributed by atoms with Crippen molar-refractivity contribution < 1.29 is 4.74 Å². The van der Waals surface area contributed by atoms with E-state index in [-0.39, 0.29) is 5.41 Å². The summed E-state index contributed by atoms with van der Waals surface area (Å²) >= 11 is 4.25. The summed E-state index contributed by atoms with van der Waals surface area (Å²) in [6.45, 7) is 9.64. The first-order chi connectivity index (χ1) is 7.99. The van der Waals surface area contributed by atoms with E-state index in [4.69, 9.17) is 4.74 Å². The average Bonchev–Trinajstić information content (AvgIpc) is 2.36. The standard InChI is InChI=1S/C15H24OS/c1-5-15(3,4)13-6-8-14(9-7-13)16-10-12(2)11-17/h6-9,12,17H,5,10-11H2,1-4H3.